The minimum Gasteiger partial charge on any atom is -0.486 e. The summed E-state index contributed by atoms with van der Waals surface area (Å²) in [7, 11) is 0. The van der Waals surface area contributed by atoms with Crippen LogP contribution in [0.3, 0.4) is 0 Å². The van der Waals surface area contributed by atoms with Gasteiger partial charge in [0.2, 0.25) is 0 Å². The SMILES string of the molecule is CCCN1CCC(N[C@@H]2CCOC[C@H]2Oc2ccc(C#N)cc2)CC1. The molecule has 2 heterocycles. The largest absolute Gasteiger partial charge is 0.486 e. The molecular weight excluding hydrogens is 314 g/mol. The molecule has 25 heavy (non-hydrogen) atoms. The average molecular weight is 343 g/mol. The number of rotatable bonds is 6. The van der Waals surface area contributed by atoms with Gasteiger partial charge < -0.3 is 19.7 Å². The van der Waals surface area contributed by atoms with Gasteiger partial charge in [0.15, 0.2) is 0 Å². The first-order valence-electron chi connectivity index (χ1n) is 9.51. The van der Waals surface area contributed by atoms with Gasteiger partial charge in [-0.1, -0.05) is 6.92 Å². The maximum absolute atomic E-state index is 8.90. The number of nitrogens with zero attached hydrogens (tertiary/aromatic N) is 2. The van der Waals surface area contributed by atoms with Crippen molar-refractivity contribution in [3.05, 3.63) is 29.8 Å². The van der Waals surface area contributed by atoms with Crippen molar-refractivity contribution in [2.75, 3.05) is 32.8 Å². The average Bonchev–Trinajstić information content (AvgIpc) is 2.66. The molecule has 5 heteroatoms. The summed E-state index contributed by atoms with van der Waals surface area (Å²) in [6.07, 6.45) is 4.66. The Kier molecular flexibility index (Phi) is 6.69. The highest BCUT2D eigenvalue weighted by Crippen LogP contribution is 2.20. The van der Waals surface area contributed by atoms with Gasteiger partial charge in [-0.2, -0.15) is 5.26 Å². The first-order valence-corrected chi connectivity index (χ1v) is 9.51. The zero-order chi connectivity index (χ0) is 17.5. The van der Waals surface area contributed by atoms with E-state index in [-0.39, 0.29) is 6.10 Å². The number of nitrogens with one attached hydrogen (secondary N) is 1. The maximum atomic E-state index is 8.90. The predicted octanol–water partition coefficient (Wildman–Crippen LogP) is 2.56. The fourth-order valence-corrected chi connectivity index (χ4v) is 3.74. The van der Waals surface area contributed by atoms with E-state index in [1.54, 1.807) is 12.1 Å². The molecule has 2 fully saturated rings. The molecule has 2 aliphatic rings. The van der Waals surface area contributed by atoms with Gasteiger partial charge in [-0.05, 0) is 69.6 Å². The lowest BCUT2D eigenvalue weighted by atomic mass is 9.99. The quantitative estimate of drug-likeness (QED) is 0.860. The third-order valence-electron chi connectivity index (χ3n) is 5.15. The molecule has 0 unspecified atom stereocenters. The Hall–Kier alpha value is -1.61. The normalized spacial score (nSPS) is 25.4. The van der Waals surface area contributed by atoms with Crippen LogP contribution < -0.4 is 10.1 Å². The third kappa shape index (κ3) is 5.18. The van der Waals surface area contributed by atoms with E-state index in [0.717, 1.165) is 18.8 Å². The second kappa shape index (κ2) is 9.19. The van der Waals surface area contributed by atoms with Gasteiger partial charge in [0.25, 0.3) is 0 Å². The summed E-state index contributed by atoms with van der Waals surface area (Å²) in [6.45, 7) is 7.25. The van der Waals surface area contributed by atoms with Gasteiger partial charge in [-0.25, -0.2) is 0 Å². The summed E-state index contributed by atoms with van der Waals surface area (Å²) in [5.74, 6) is 0.805. The third-order valence-corrected chi connectivity index (χ3v) is 5.15. The van der Waals surface area contributed by atoms with Crippen molar-refractivity contribution in [3.8, 4) is 11.8 Å². The molecule has 0 bridgehead atoms. The Labute approximate surface area is 150 Å². The van der Waals surface area contributed by atoms with Gasteiger partial charge in [-0.3, -0.25) is 0 Å². The zero-order valence-electron chi connectivity index (χ0n) is 15.1. The Morgan fingerprint density at radius 1 is 1.24 bits per heavy atom. The lowest BCUT2D eigenvalue weighted by molar-refractivity contribution is -0.0195. The van der Waals surface area contributed by atoms with Crippen molar-refractivity contribution in [2.45, 2.75) is 50.8 Å². The van der Waals surface area contributed by atoms with E-state index in [9.17, 15) is 0 Å². The zero-order valence-corrected chi connectivity index (χ0v) is 15.1. The number of nitriles is 1. The maximum Gasteiger partial charge on any atom is 0.137 e. The number of benzene rings is 1. The van der Waals surface area contributed by atoms with E-state index < -0.39 is 0 Å². The van der Waals surface area contributed by atoms with E-state index in [0.29, 0.717) is 24.3 Å². The molecule has 1 aromatic carbocycles. The fraction of sp³-hybridized carbons (Fsp3) is 0.650. The van der Waals surface area contributed by atoms with E-state index in [1.807, 2.05) is 12.1 Å². The predicted molar refractivity (Wildman–Crippen MR) is 97.7 cm³/mol. The number of hydrogen-bond acceptors (Lipinski definition) is 5. The van der Waals surface area contributed by atoms with Crippen LogP contribution in [0.15, 0.2) is 24.3 Å². The lowest BCUT2D eigenvalue weighted by Crippen LogP contribution is -2.54. The second-order valence-corrected chi connectivity index (χ2v) is 7.05. The molecule has 2 saturated heterocycles. The van der Waals surface area contributed by atoms with Crippen LogP contribution in [0.5, 0.6) is 5.75 Å². The van der Waals surface area contributed by atoms with Gasteiger partial charge in [-0.15, -0.1) is 0 Å². The molecule has 2 aliphatic heterocycles. The molecule has 0 aromatic heterocycles. The lowest BCUT2D eigenvalue weighted by Gasteiger charge is -2.38. The molecule has 0 aliphatic carbocycles. The minimum atomic E-state index is 0.0235. The van der Waals surface area contributed by atoms with Crippen LogP contribution in [0, 0.1) is 11.3 Å². The van der Waals surface area contributed by atoms with Crippen molar-refractivity contribution in [1.29, 1.82) is 5.26 Å². The van der Waals surface area contributed by atoms with Crippen molar-refractivity contribution < 1.29 is 9.47 Å². The summed E-state index contributed by atoms with van der Waals surface area (Å²) in [5.41, 5.74) is 0.653. The van der Waals surface area contributed by atoms with Crippen molar-refractivity contribution in [1.82, 2.24) is 10.2 Å². The minimum absolute atomic E-state index is 0.0235. The van der Waals surface area contributed by atoms with Crippen LogP contribution in [-0.2, 0) is 4.74 Å². The molecule has 0 amide bonds. The standard InChI is InChI=1S/C20H29N3O2/c1-2-10-23-11-7-17(8-12-23)22-19-9-13-24-15-20(19)25-18-5-3-16(14-21)4-6-18/h3-6,17,19-20,22H,2,7-13,15H2,1H3/t19-,20-/m1/s1. The Morgan fingerprint density at radius 2 is 2.00 bits per heavy atom. The Bertz CT molecular complexity index is 561. The smallest absolute Gasteiger partial charge is 0.137 e. The summed E-state index contributed by atoms with van der Waals surface area (Å²) in [6, 6.07) is 10.4. The highest BCUT2D eigenvalue weighted by Gasteiger charge is 2.30. The Balaban J connectivity index is 1.53. The number of hydrogen-bond donors (Lipinski definition) is 1. The number of likely N-dealkylation sites (tertiary alicyclic amines) is 1. The first-order chi connectivity index (χ1) is 12.3. The summed E-state index contributed by atoms with van der Waals surface area (Å²) in [4.78, 5) is 2.56. The highest BCUT2D eigenvalue weighted by molar-refractivity contribution is 5.34. The van der Waals surface area contributed by atoms with Gasteiger partial charge in [0.05, 0.1) is 18.2 Å². The molecule has 3 rings (SSSR count). The summed E-state index contributed by atoms with van der Waals surface area (Å²) < 4.78 is 11.8. The molecule has 0 radical (unpaired) electrons. The summed E-state index contributed by atoms with van der Waals surface area (Å²) >= 11 is 0. The molecule has 136 valence electrons. The molecule has 0 saturated carbocycles. The van der Waals surface area contributed by atoms with Crippen LogP contribution >= 0.6 is 0 Å². The molecule has 1 N–H and O–H groups in total. The van der Waals surface area contributed by atoms with E-state index >= 15 is 0 Å². The molecule has 5 nitrogen and oxygen atoms in total. The van der Waals surface area contributed by atoms with Gasteiger partial charge in [0.1, 0.15) is 11.9 Å². The van der Waals surface area contributed by atoms with Crippen molar-refractivity contribution in [2.24, 2.45) is 0 Å². The van der Waals surface area contributed by atoms with Gasteiger partial charge >= 0.3 is 0 Å². The monoisotopic (exact) mass is 343 g/mol. The van der Waals surface area contributed by atoms with Crippen molar-refractivity contribution >= 4 is 0 Å². The molecular formula is C20H29N3O2. The number of piperidine rings is 1. The van der Waals surface area contributed by atoms with Gasteiger partial charge in [0, 0.05) is 18.7 Å². The van der Waals surface area contributed by atoms with E-state index in [4.69, 9.17) is 14.7 Å². The van der Waals surface area contributed by atoms with E-state index in [2.05, 4.69) is 23.2 Å². The molecule has 1 aromatic rings. The van der Waals surface area contributed by atoms with Crippen LogP contribution in [0.1, 0.15) is 38.2 Å². The molecule has 2 atom stereocenters. The van der Waals surface area contributed by atoms with Crippen LogP contribution in [0.2, 0.25) is 0 Å². The molecule has 0 spiro atoms. The topological polar surface area (TPSA) is 57.5 Å². The number of ether oxygens (including phenoxy) is 2. The van der Waals surface area contributed by atoms with Crippen molar-refractivity contribution in [3.63, 3.8) is 0 Å². The van der Waals surface area contributed by atoms with E-state index in [1.165, 1.54) is 38.9 Å². The van der Waals surface area contributed by atoms with Crippen LogP contribution in [0.25, 0.3) is 0 Å². The fourth-order valence-electron chi connectivity index (χ4n) is 3.74. The summed E-state index contributed by atoms with van der Waals surface area (Å²) in [5, 5.41) is 12.7. The van der Waals surface area contributed by atoms with Crippen LogP contribution in [-0.4, -0.2) is 55.9 Å². The second-order valence-electron chi connectivity index (χ2n) is 7.05. The van der Waals surface area contributed by atoms with Crippen LogP contribution in [0.4, 0.5) is 0 Å². The Morgan fingerprint density at radius 3 is 2.68 bits per heavy atom. The highest BCUT2D eigenvalue weighted by atomic mass is 16.5. The first kappa shape index (κ1) is 18.2.